The molecule has 0 bridgehead atoms. The number of halogens is 9. The number of anilines is 5. The van der Waals surface area contributed by atoms with Crippen molar-refractivity contribution in [2.45, 2.75) is 38.3 Å². The van der Waals surface area contributed by atoms with Gasteiger partial charge in [0.1, 0.15) is 19.8 Å². The van der Waals surface area contributed by atoms with Crippen LogP contribution in [0.5, 0.6) is 0 Å². The maximum atomic E-state index is 12.7. The van der Waals surface area contributed by atoms with E-state index in [1.165, 1.54) is 84.2 Å². The number of aliphatic imine (C=N–C) groups is 1. The molecule has 0 unspecified atom stereocenters. The molecule has 5 N–H and O–H groups in total. The number of oxazole rings is 2. The standard InChI is InChI=1S/C22H16F3N3O3.C15H10F3N3O3.C13H10N2O2S.C12H12N2O2.C9H6F3N3O/c23-22(24,25)17-8-6-16(7-9-17)19-13-26-21(31-19)27-18-10-11-28(20(29)12-18)30-14-15-4-2-1-3-5-15;16-15(17,18)10-3-1-9(2-4-10)12-8-19-14(24-12)20-11-5-6-21(23)13(22)7-11;16-13-8-12(14-10-18)6-7-15(13)17-9-11-4-2-1-3-5-11;13-11-6-7-14(12(15)8-11)16-9-10-4-2-1-3-5-10;10-9(11,12)7-3-1-6(2-4-7)8(16)5-14-15-13/h1-13H,14H2,(H,26,27);1-8,23H,(H,19,20);1-8H,9H2;1-8H,9,13H2;1-4H,5H2. The molecule has 105 heavy (non-hydrogen) atoms. The fraction of sp³-hybridized carbons (Fsp3) is 0.0986. The van der Waals surface area contributed by atoms with Gasteiger partial charge in [0.05, 0.1) is 52.7 Å². The van der Waals surface area contributed by atoms with Gasteiger partial charge in [-0.1, -0.05) is 133 Å². The monoisotopic (exact) mass is 1470 g/mol. The highest BCUT2D eigenvalue weighted by atomic mass is 32.1. The number of carbonyl (C=O) groups excluding carboxylic acids is 1. The first-order chi connectivity index (χ1) is 50.2. The van der Waals surface area contributed by atoms with E-state index < -0.39 is 58.7 Å². The van der Waals surface area contributed by atoms with Gasteiger partial charge in [0.15, 0.2) is 17.3 Å². The molecule has 0 aliphatic rings. The predicted molar refractivity (Wildman–Crippen MR) is 370 cm³/mol. The first-order valence-electron chi connectivity index (χ1n) is 30.2. The van der Waals surface area contributed by atoms with Crippen molar-refractivity contribution >= 4 is 57.9 Å². The Morgan fingerprint density at radius 1 is 0.524 bits per heavy atom. The highest BCUT2D eigenvalue weighted by Crippen LogP contribution is 2.34. The van der Waals surface area contributed by atoms with Crippen molar-refractivity contribution in [1.82, 2.24) is 28.9 Å². The molecule has 6 aromatic heterocycles. The Labute approximate surface area is 591 Å². The van der Waals surface area contributed by atoms with E-state index in [-0.39, 0.29) is 46.8 Å². The number of benzene rings is 6. The quantitative estimate of drug-likeness (QED) is 0.00854. The summed E-state index contributed by atoms with van der Waals surface area (Å²) in [6.07, 6.45) is -4.87. The molecule has 0 amide bonds. The van der Waals surface area contributed by atoms with Crippen molar-refractivity contribution in [2.24, 2.45) is 10.1 Å². The number of nitrogen functional groups attached to an aromatic ring is 1. The van der Waals surface area contributed by atoms with Gasteiger partial charge in [0.2, 0.25) is 0 Å². The Hall–Kier alpha value is -13.7. The number of azide groups is 1. The van der Waals surface area contributed by atoms with E-state index in [0.717, 1.165) is 86.9 Å². The van der Waals surface area contributed by atoms with Gasteiger partial charge in [-0.2, -0.15) is 63.4 Å². The van der Waals surface area contributed by atoms with Gasteiger partial charge < -0.3 is 44.9 Å². The maximum Gasteiger partial charge on any atom is 0.416 e. The SMILES string of the molecule is Nc1ccn(OCc2ccccc2)c(=O)c1.O=c1cc(N=C=S)ccn1OCc1ccccc1.O=c1cc(Nc2ncc(-c3ccc(C(F)(F)F)cc3)o2)ccn1O.O=c1cc(Nc2ncc(-c3ccc(C(F)(F)F)cc3)o2)ccn1OCc1ccccc1.[N-]=[N+]=NCC(=O)c1ccc(C(F)(F)F)cc1. The molecule has 12 rings (SSSR count). The smallest absolute Gasteiger partial charge is 0.416 e. The molecule has 6 aromatic carbocycles. The largest absolute Gasteiger partial charge is 0.425 e. The van der Waals surface area contributed by atoms with Gasteiger partial charge in [-0.05, 0) is 95.1 Å². The lowest BCUT2D eigenvalue weighted by Gasteiger charge is -2.09. The second-order valence-electron chi connectivity index (χ2n) is 21.2. The number of carbonyl (C=O) groups is 1. The summed E-state index contributed by atoms with van der Waals surface area (Å²) < 4.78 is 127. The van der Waals surface area contributed by atoms with Crippen LogP contribution in [0.4, 0.5) is 74.3 Å². The molecule has 0 aliphatic heterocycles. The van der Waals surface area contributed by atoms with E-state index in [2.05, 4.69) is 53.0 Å². The van der Waals surface area contributed by atoms with E-state index in [4.69, 9.17) is 39.8 Å². The van der Waals surface area contributed by atoms with Crippen LogP contribution in [0.25, 0.3) is 33.1 Å². The van der Waals surface area contributed by atoms with E-state index in [0.29, 0.717) is 51.8 Å². The first kappa shape index (κ1) is 77.0. The van der Waals surface area contributed by atoms with E-state index >= 15 is 0 Å². The summed E-state index contributed by atoms with van der Waals surface area (Å²) in [5, 5.41) is 19.9. The number of nitrogens with one attached hydrogen (secondary N) is 2. The number of Topliss-reactive ketones (excluding diaryl/α,β-unsaturated/α-hetero) is 1. The third-order valence-electron chi connectivity index (χ3n) is 13.7. The Balaban J connectivity index is 0.000000170. The van der Waals surface area contributed by atoms with Gasteiger partial charge in [-0.25, -0.2) is 9.97 Å². The number of thiocarbonyl (C=S) groups is 1. The Kier molecular flexibility index (Phi) is 26.8. The molecule has 538 valence electrons. The van der Waals surface area contributed by atoms with Crippen LogP contribution in [0.3, 0.4) is 0 Å². The molecular weight excluding hydrogens is 1410 g/mol. The normalized spacial score (nSPS) is 10.8. The van der Waals surface area contributed by atoms with E-state index in [9.17, 15) is 63.5 Å². The van der Waals surface area contributed by atoms with Crippen LogP contribution in [-0.4, -0.2) is 51.6 Å². The van der Waals surface area contributed by atoms with Gasteiger partial charge in [0, 0.05) is 81.5 Å². The molecule has 0 radical (unpaired) electrons. The van der Waals surface area contributed by atoms with Crippen LogP contribution < -0.4 is 53.1 Å². The molecule has 24 nitrogen and oxygen atoms in total. The molecule has 0 spiro atoms. The Morgan fingerprint density at radius 3 is 1.29 bits per heavy atom. The lowest BCUT2D eigenvalue weighted by molar-refractivity contribution is -0.138. The van der Waals surface area contributed by atoms with Crippen LogP contribution in [0.1, 0.15) is 43.7 Å². The lowest BCUT2D eigenvalue weighted by Crippen LogP contribution is -2.25. The van der Waals surface area contributed by atoms with E-state index in [1.807, 2.05) is 91.0 Å². The minimum atomic E-state index is -4.42. The fourth-order valence-corrected chi connectivity index (χ4v) is 8.59. The predicted octanol–water partition coefficient (Wildman–Crippen LogP) is 14.9. The van der Waals surface area contributed by atoms with Crippen molar-refractivity contribution in [2.75, 3.05) is 22.9 Å². The minimum Gasteiger partial charge on any atom is -0.425 e. The van der Waals surface area contributed by atoms with Gasteiger partial charge in [0.25, 0.3) is 34.3 Å². The average Bonchev–Trinajstić information content (AvgIpc) is 1.78. The summed E-state index contributed by atoms with van der Waals surface area (Å²) in [7, 11) is 0. The summed E-state index contributed by atoms with van der Waals surface area (Å²) in [6, 6.07) is 52.9. The minimum absolute atomic E-state index is 0.0555. The van der Waals surface area contributed by atoms with Gasteiger partial charge in [-0.3, -0.25) is 24.0 Å². The van der Waals surface area contributed by atoms with Gasteiger partial charge >= 0.3 is 18.5 Å². The zero-order chi connectivity index (χ0) is 75.5. The van der Waals surface area contributed by atoms with Crippen LogP contribution >= 0.6 is 12.2 Å². The van der Waals surface area contributed by atoms with Crippen molar-refractivity contribution in [3.8, 4) is 22.6 Å². The van der Waals surface area contributed by atoms with Crippen molar-refractivity contribution in [1.29, 1.82) is 0 Å². The molecule has 12 aromatic rings. The fourth-order valence-electron chi connectivity index (χ4n) is 8.48. The maximum absolute atomic E-state index is 12.7. The highest BCUT2D eigenvalue weighted by Gasteiger charge is 2.32. The molecule has 0 aliphatic carbocycles. The number of nitrogens with zero attached hydrogens (tertiary/aromatic N) is 10. The van der Waals surface area contributed by atoms with Gasteiger partial charge in [-0.15, -0.1) is 0 Å². The second-order valence-corrected chi connectivity index (χ2v) is 21.4. The molecule has 0 fully saturated rings. The molecular formula is C71H54F9N13O11S. The summed E-state index contributed by atoms with van der Waals surface area (Å²) in [6.45, 7) is 0.521. The number of pyridine rings is 4. The first-order valence-corrected chi connectivity index (χ1v) is 30.6. The van der Waals surface area contributed by atoms with Crippen molar-refractivity contribution in [3.05, 3.63) is 340 Å². The third-order valence-corrected chi connectivity index (χ3v) is 13.8. The molecule has 6 heterocycles. The van der Waals surface area contributed by atoms with Crippen LogP contribution in [0.15, 0.2) is 288 Å². The van der Waals surface area contributed by atoms with Crippen molar-refractivity contribution < 1.29 is 72.9 Å². The number of hydrogen-bond donors (Lipinski definition) is 4. The summed E-state index contributed by atoms with van der Waals surface area (Å²) >= 11 is 4.47. The number of rotatable bonds is 19. The van der Waals surface area contributed by atoms with Crippen LogP contribution in [-0.2, 0) is 38.3 Å². The Morgan fingerprint density at radius 2 is 0.905 bits per heavy atom. The Bertz CT molecular complexity index is 5180. The van der Waals surface area contributed by atoms with Crippen LogP contribution in [0, 0.1) is 0 Å². The number of isothiocyanates is 1. The molecule has 34 heteroatoms. The number of hydrogen-bond acceptors (Lipinski definition) is 19. The number of ketones is 1. The highest BCUT2D eigenvalue weighted by molar-refractivity contribution is 7.78. The van der Waals surface area contributed by atoms with Crippen molar-refractivity contribution in [3.63, 3.8) is 0 Å². The topological polar surface area (TPSA) is 316 Å². The number of nitrogens with two attached hydrogens (primary N) is 1. The zero-order valence-electron chi connectivity index (χ0n) is 53.9. The lowest BCUT2D eigenvalue weighted by atomic mass is 10.1. The van der Waals surface area contributed by atoms with Crippen LogP contribution in [0.2, 0.25) is 0 Å². The third kappa shape index (κ3) is 24.3. The average molecular weight is 1470 g/mol. The molecule has 0 saturated heterocycles. The summed E-state index contributed by atoms with van der Waals surface area (Å²) in [5.74, 6) is 0.0315. The second kappa shape index (κ2) is 36.6. The van der Waals surface area contributed by atoms with E-state index in [1.54, 1.807) is 18.2 Å². The number of alkyl halides is 9. The molecule has 0 atom stereocenters. The molecule has 0 saturated carbocycles. The number of aromatic nitrogens is 6. The summed E-state index contributed by atoms with van der Waals surface area (Å²) in [5.41, 5.74) is 15.0. The zero-order valence-corrected chi connectivity index (χ0v) is 54.7. The summed E-state index contributed by atoms with van der Waals surface area (Å²) in [4.78, 5) is 88.1.